The number of β-amino-alcohol motifs (C(OH)–C–C–N with tert-alkyl or cyclic N) is 1. The first-order valence-electron chi connectivity index (χ1n) is 8.63. The molecule has 0 aromatic carbocycles. The first-order chi connectivity index (χ1) is 11.2. The largest absolute Gasteiger partial charge is 0.392 e. The van der Waals surface area contributed by atoms with Gasteiger partial charge in [0.15, 0.2) is 0 Å². The van der Waals surface area contributed by atoms with Crippen LogP contribution in [0.25, 0.3) is 10.2 Å². The maximum Gasteiger partial charge on any atom is 0.141 e. The van der Waals surface area contributed by atoms with Crippen LogP contribution in [0.2, 0.25) is 0 Å². The van der Waals surface area contributed by atoms with Gasteiger partial charge in [-0.25, -0.2) is 9.97 Å². The number of rotatable bonds is 3. The van der Waals surface area contributed by atoms with Gasteiger partial charge in [-0.1, -0.05) is 0 Å². The molecule has 124 valence electrons. The molecule has 0 unspecified atom stereocenters. The topological polar surface area (TPSA) is 52.5 Å². The molecule has 6 heteroatoms. The van der Waals surface area contributed by atoms with Crippen molar-refractivity contribution in [1.82, 2.24) is 14.9 Å². The number of hydrogen-bond donors (Lipinski definition) is 1. The van der Waals surface area contributed by atoms with Crippen LogP contribution >= 0.6 is 11.3 Å². The number of aliphatic hydroxyl groups is 1. The molecule has 2 aliphatic rings. The van der Waals surface area contributed by atoms with Gasteiger partial charge in [0.1, 0.15) is 17.0 Å². The van der Waals surface area contributed by atoms with Crippen molar-refractivity contribution in [3.05, 3.63) is 16.8 Å². The summed E-state index contributed by atoms with van der Waals surface area (Å²) in [5, 5.41) is 10.9. The highest BCUT2D eigenvalue weighted by atomic mass is 32.1. The standard InChI is InChI=1S/C17H24N4OS/c1-12(22)10-20-6-8-21(9-7-20)16-15-13-4-2-3-5-14(13)23-17(15)19-11-18-16/h11-12,22H,2-10H2,1H3/t12-/m1/s1. The summed E-state index contributed by atoms with van der Waals surface area (Å²) in [6.07, 6.45) is 6.45. The summed E-state index contributed by atoms with van der Waals surface area (Å²) in [7, 11) is 0. The number of aryl methyl sites for hydroxylation is 2. The summed E-state index contributed by atoms with van der Waals surface area (Å²) in [6, 6.07) is 0. The van der Waals surface area contributed by atoms with Crippen molar-refractivity contribution in [2.24, 2.45) is 0 Å². The van der Waals surface area contributed by atoms with Gasteiger partial charge in [0, 0.05) is 37.6 Å². The van der Waals surface area contributed by atoms with Crippen molar-refractivity contribution in [3.63, 3.8) is 0 Å². The highest BCUT2D eigenvalue weighted by molar-refractivity contribution is 7.19. The third kappa shape index (κ3) is 2.95. The van der Waals surface area contributed by atoms with Crippen LogP contribution in [0.1, 0.15) is 30.2 Å². The minimum Gasteiger partial charge on any atom is -0.392 e. The molecule has 2 aromatic rings. The second kappa shape index (κ2) is 6.34. The second-order valence-corrected chi connectivity index (χ2v) is 7.81. The molecule has 0 amide bonds. The Morgan fingerprint density at radius 2 is 1.96 bits per heavy atom. The van der Waals surface area contributed by atoms with E-state index in [4.69, 9.17) is 0 Å². The van der Waals surface area contributed by atoms with Crippen molar-refractivity contribution >= 4 is 27.4 Å². The van der Waals surface area contributed by atoms with Crippen molar-refractivity contribution in [2.75, 3.05) is 37.6 Å². The van der Waals surface area contributed by atoms with E-state index in [2.05, 4.69) is 19.8 Å². The Labute approximate surface area is 141 Å². The van der Waals surface area contributed by atoms with Gasteiger partial charge >= 0.3 is 0 Å². The highest BCUT2D eigenvalue weighted by Crippen LogP contribution is 2.39. The summed E-state index contributed by atoms with van der Waals surface area (Å²) < 4.78 is 0. The molecule has 1 atom stereocenters. The third-order valence-electron chi connectivity index (χ3n) is 4.93. The van der Waals surface area contributed by atoms with E-state index in [0.29, 0.717) is 0 Å². The summed E-state index contributed by atoms with van der Waals surface area (Å²) in [5.41, 5.74) is 1.51. The van der Waals surface area contributed by atoms with Gasteiger partial charge in [0.2, 0.25) is 0 Å². The maximum atomic E-state index is 9.56. The molecule has 5 nitrogen and oxygen atoms in total. The van der Waals surface area contributed by atoms with Gasteiger partial charge in [-0.05, 0) is 38.2 Å². The average molecular weight is 332 g/mol. The van der Waals surface area contributed by atoms with Crippen LogP contribution in [0, 0.1) is 0 Å². The van der Waals surface area contributed by atoms with Gasteiger partial charge in [-0.3, -0.25) is 4.90 Å². The van der Waals surface area contributed by atoms with Gasteiger partial charge in [-0.15, -0.1) is 11.3 Å². The quantitative estimate of drug-likeness (QED) is 0.932. The second-order valence-electron chi connectivity index (χ2n) is 6.73. The lowest BCUT2D eigenvalue weighted by Gasteiger charge is -2.36. The van der Waals surface area contributed by atoms with Crippen LogP contribution in [-0.4, -0.2) is 58.8 Å². The van der Waals surface area contributed by atoms with Crippen LogP contribution in [-0.2, 0) is 12.8 Å². The number of hydrogen-bond acceptors (Lipinski definition) is 6. The van der Waals surface area contributed by atoms with Gasteiger partial charge in [0.05, 0.1) is 11.5 Å². The molecule has 4 rings (SSSR count). The summed E-state index contributed by atoms with van der Waals surface area (Å²) in [6.45, 7) is 6.55. The Kier molecular flexibility index (Phi) is 4.22. The van der Waals surface area contributed by atoms with Crippen molar-refractivity contribution in [2.45, 2.75) is 38.7 Å². The Bertz CT molecular complexity index is 691. The molecule has 1 fully saturated rings. The van der Waals surface area contributed by atoms with E-state index in [9.17, 15) is 5.11 Å². The van der Waals surface area contributed by atoms with Crippen LogP contribution in [0.4, 0.5) is 5.82 Å². The van der Waals surface area contributed by atoms with E-state index in [1.165, 1.54) is 41.5 Å². The third-order valence-corrected chi connectivity index (χ3v) is 6.13. The summed E-state index contributed by atoms with van der Waals surface area (Å²) in [4.78, 5) is 16.6. The molecule has 3 heterocycles. The van der Waals surface area contributed by atoms with Crippen LogP contribution in [0.5, 0.6) is 0 Å². The van der Waals surface area contributed by atoms with Gasteiger partial charge < -0.3 is 10.0 Å². The fourth-order valence-corrected chi connectivity index (χ4v) is 5.05. The number of aliphatic hydroxyl groups excluding tert-OH is 1. The van der Waals surface area contributed by atoms with E-state index < -0.39 is 0 Å². The maximum absolute atomic E-state index is 9.56. The molecule has 1 aliphatic carbocycles. The molecular formula is C17H24N4OS. The lowest BCUT2D eigenvalue weighted by atomic mass is 9.97. The number of thiophene rings is 1. The monoisotopic (exact) mass is 332 g/mol. The minimum absolute atomic E-state index is 0.254. The molecule has 0 saturated carbocycles. The molecule has 0 spiro atoms. The molecule has 1 N–H and O–H groups in total. The molecule has 23 heavy (non-hydrogen) atoms. The number of anilines is 1. The van der Waals surface area contributed by atoms with Crippen molar-refractivity contribution in [1.29, 1.82) is 0 Å². The molecule has 1 saturated heterocycles. The number of fused-ring (bicyclic) bond motifs is 3. The zero-order valence-electron chi connectivity index (χ0n) is 13.7. The number of aromatic nitrogens is 2. The molecule has 0 radical (unpaired) electrons. The normalized spacial score (nSPS) is 20.7. The van der Waals surface area contributed by atoms with Gasteiger partial charge in [0.25, 0.3) is 0 Å². The van der Waals surface area contributed by atoms with E-state index in [-0.39, 0.29) is 6.10 Å². The Hall–Kier alpha value is -1.24. The zero-order chi connectivity index (χ0) is 15.8. The Morgan fingerprint density at radius 3 is 2.74 bits per heavy atom. The minimum atomic E-state index is -0.254. The molecule has 1 aliphatic heterocycles. The Morgan fingerprint density at radius 1 is 1.17 bits per heavy atom. The lowest BCUT2D eigenvalue weighted by molar-refractivity contribution is 0.122. The SMILES string of the molecule is C[C@@H](O)CN1CCN(c2ncnc3sc4c(c23)CCCC4)CC1. The first-order valence-corrected chi connectivity index (χ1v) is 9.44. The van der Waals surface area contributed by atoms with Crippen molar-refractivity contribution < 1.29 is 5.11 Å². The smallest absolute Gasteiger partial charge is 0.141 e. The molecular weight excluding hydrogens is 308 g/mol. The average Bonchev–Trinajstić information content (AvgIpc) is 2.93. The van der Waals surface area contributed by atoms with Crippen LogP contribution in [0.3, 0.4) is 0 Å². The fourth-order valence-electron chi connectivity index (χ4n) is 3.83. The van der Waals surface area contributed by atoms with Crippen LogP contribution < -0.4 is 4.90 Å². The van der Waals surface area contributed by atoms with Crippen molar-refractivity contribution in [3.8, 4) is 0 Å². The fraction of sp³-hybridized carbons (Fsp3) is 0.647. The molecule has 2 aromatic heterocycles. The first kappa shape index (κ1) is 15.3. The summed E-state index contributed by atoms with van der Waals surface area (Å²) >= 11 is 1.87. The Balaban J connectivity index is 1.61. The van der Waals surface area contributed by atoms with Crippen LogP contribution in [0.15, 0.2) is 6.33 Å². The van der Waals surface area contributed by atoms with E-state index >= 15 is 0 Å². The van der Waals surface area contributed by atoms with Gasteiger partial charge in [-0.2, -0.15) is 0 Å². The zero-order valence-corrected chi connectivity index (χ0v) is 14.5. The molecule has 0 bridgehead atoms. The van der Waals surface area contributed by atoms with E-state index in [1.807, 2.05) is 18.3 Å². The lowest BCUT2D eigenvalue weighted by Crippen LogP contribution is -2.48. The van der Waals surface area contributed by atoms with E-state index in [1.54, 1.807) is 6.33 Å². The number of piperazine rings is 1. The predicted molar refractivity (Wildman–Crippen MR) is 94.4 cm³/mol. The predicted octanol–water partition coefficient (Wildman–Crippen LogP) is 2.07. The summed E-state index contributed by atoms with van der Waals surface area (Å²) in [5.74, 6) is 1.13. The number of nitrogens with zero attached hydrogens (tertiary/aromatic N) is 4. The highest BCUT2D eigenvalue weighted by Gasteiger charge is 2.25. The van der Waals surface area contributed by atoms with E-state index in [0.717, 1.165) is 43.4 Å².